The Kier molecular flexibility index (Phi) is 3.38. The van der Waals surface area contributed by atoms with Crippen molar-refractivity contribution in [3.63, 3.8) is 0 Å². The van der Waals surface area contributed by atoms with Crippen molar-refractivity contribution in [2.45, 2.75) is 0 Å². The highest BCUT2D eigenvalue weighted by Gasteiger charge is 2.12. The van der Waals surface area contributed by atoms with Gasteiger partial charge in [-0.1, -0.05) is 6.07 Å². The molecule has 0 atom stereocenters. The van der Waals surface area contributed by atoms with Gasteiger partial charge in [0.25, 0.3) is 5.56 Å². The van der Waals surface area contributed by atoms with Gasteiger partial charge in [0.15, 0.2) is 5.82 Å². The third-order valence-corrected chi connectivity index (χ3v) is 2.75. The summed E-state index contributed by atoms with van der Waals surface area (Å²) in [5, 5.41) is 9.83. The van der Waals surface area contributed by atoms with Gasteiger partial charge in [-0.2, -0.15) is 0 Å². The lowest BCUT2D eigenvalue weighted by Crippen LogP contribution is -2.38. The van der Waals surface area contributed by atoms with Crippen LogP contribution in [0.15, 0.2) is 32.8 Å². The first-order valence-corrected chi connectivity index (χ1v) is 5.67. The first kappa shape index (κ1) is 13.5. The summed E-state index contributed by atoms with van der Waals surface area (Å²) in [4.78, 5) is 31.4. The van der Waals surface area contributed by atoms with E-state index in [-0.39, 0.29) is 11.4 Å². The van der Waals surface area contributed by atoms with Crippen molar-refractivity contribution in [1.82, 2.24) is 14.1 Å². The first-order valence-electron chi connectivity index (χ1n) is 5.67. The normalized spacial score (nSPS) is 11.1. The van der Waals surface area contributed by atoms with Crippen molar-refractivity contribution in [3.8, 4) is 5.88 Å². The molecule has 2 aromatic heterocycles. The molecule has 8 nitrogen and oxygen atoms in total. The Morgan fingerprint density at radius 3 is 2.65 bits per heavy atom. The van der Waals surface area contributed by atoms with Crippen LogP contribution >= 0.6 is 0 Å². The van der Waals surface area contributed by atoms with Gasteiger partial charge in [0.1, 0.15) is 11.4 Å². The van der Waals surface area contributed by atoms with Crippen LogP contribution in [-0.2, 0) is 14.1 Å². The molecule has 0 aliphatic carbocycles. The van der Waals surface area contributed by atoms with E-state index in [2.05, 4.69) is 9.98 Å². The molecule has 2 rings (SSSR count). The number of rotatable bonds is 2. The molecule has 0 saturated carbocycles. The number of nitrogen functional groups attached to an aromatic ring is 1. The minimum atomic E-state index is -0.641. The van der Waals surface area contributed by atoms with Gasteiger partial charge in [0.2, 0.25) is 5.88 Å². The molecule has 0 fully saturated rings. The Balaban J connectivity index is 2.55. The summed E-state index contributed by atoms with van der Waals surface area (Å²) in [6.45, 7) is 0. The van der Waals surface area contributed by atoms with Gasteiger partial charge in [-0.3, -0.25) is 13.9 Å². The SMILES string of the molecule is Cn1c(O)c(/C=N/c2cccc(N)n2)c(=O)n(C)c1=O. The average molecular weight is 275 g/mol. The third kappa shape index (κ3) is 2.30. The van der Waals surface area contributed by atoms with E-state index in [0.29, 0.717) is 5.82 Å². The lowest BCUT2D eigenvalue weighted by atomic mass is 10.3. The molecule has 0 aromatic carbocycles. The number of hydrogen-bond acceptors (Lipinski definition) is 6. The van der Waals surface area contributed by atoms with Gasteiger partial charge in [-0.05, 0) is 12.1 Å². The molecule has 0 spiro atoms. The monoisotopic (exact) mass is 275 g/mol. The number of aromatic hydroxyl groups is 1. The summed E-state index contributed by atoms with van der Waals surface area (Å²) < 4.78 is 1.84. The lowest BCUT2D eigenvalue weighted by molar-refractivity contribution is 0.410. The molecule has 2 aromatic rings. The molecule has 8 heteroatoms. The Hall–Kier alpha value is -2.90. The highest BCUT2D eigenvalue weighted by Crippen LogP contribution is 2.11. The molecule has 0 radical (unpaired) electrons. The van der Waals surface area contributed by atoms with E-state index in [1.165, 1.54) is 14.1 Å². The highest BCUT2D eigenvalue weighted by atomic mass is 16.3. The van der Waals surface area contributed by atoms with Crippen LogP contribution in [0.2, 0.25) is 0 Å². The van der Waals surface area contributed by atoms with Gasteiger partial charge < -0.3 is 10.8 Å². The molecule has 0 aliphatic rings. The van der Waals surface area contributed by atoms with Crippen LogP contribution < -0.4 is 17.0 Å². The van der Waals surface area contributed by atoms with E-state index in [9.17, 15) is 14.7 Å². The molecular weight excluding hydrogens is 262 g/mol. The molecule has 0 unspecified atom stereocenters. The molecule has 0 amide bonds. The van der Waals surface area contributed by atoms with Crippen molar-refractivity contribution >= 4 is 17.9 Å². The Bertz CT molecular complexity index is 804. The van der Waals surface area contributed by atoms with E-state index >= 15 is 0 Å². The number of nitrogens with two attached hydrogens (primary N) is 1. The van der Waals surface area contributed by atoms with Crippen LogP contribution in [0.5, 0.6) is 5.88 Å². The molecule has 3 N–H and O–H groups in total. The number of hydrogen-bond donors (Lipinski definition) is 2. The second-order valence-electron chi connectivity index (χ2n) is 4.12. The van der Waals surface area contributed by atoms with E-state index in [4.69, 9.17) is 5.73 Å². The maximum atomic E-state index is 11.9. The second-order valence-corrected chi connectivity index (χ2v) is 4.12. The summed E-state index contributed by atoms with van der Waals surface area (Å²) in [5.74, 6) is 0.128. The lowest BCUT2D eigenvalue weighted by Gasteiger charge is -2.06. The topological polar surface area (TPSA) is 116 Å². The van der Waals surface area contributed by atoms with Crippen molar-refractivity contribution in [1.29, 1.82) is 0 Å². The zero-order valence-corrected chi connectivity index (χ0v) is 10.9. The predicted octanol–water partition coefficient (Wildman–Crippen LogP) is -0.483. The van der Waals surface area contributed by atoms with Crippen molar-refractivity contribution in [3.05, 3.63) is 44.6 Å². The molecule has 2 heterocycles. The Morgan fingerprint density at radius 1 is 1.30 bits per heavy atom. The molecule has 104 valence electrons. The number of anilines is 1. The van der Waals surface area contributed by atoms with Gasteiger partial charge in [0, 0.05) is 20.3 Å². The molecule has 0 bridgehead atoms. The zero-order valence-electron chi connectivity index (χ0n) is 10.9. The summed E-state index contributed by atoms with van der Waals surface area (Å²) in [6.07, 6.45) is 1.15. The van der Waals surface area contributed by atoms with Crippen molar-refractivity contribution < 1.29 is 5.11 Å². The number of aromatic nitrogens is 3. The van der Waals surface area contributed by atoms with Gasteiger partial charge in [-0.25, -0.2) is 14.8 Å². The van der Waals surface area contributed by atoms with Crippen molar-refractivity contribution in [2.75, 3.05) is 5.73 Å². The van der Waals surface area contributed by atoms with E-state index in [0.717, 1.165) is 15.3 Å². The number of nitrogens with zero attached hydrogens (tertiary/aromatic N) is 4. The van der Waals surface area contributed by atoms with Crippen LogP contribution in [0.25, 0.3) is 0 Å². The fourth-order valence-electron chi connectivity index (χ4n) is 1.61. The van der Waals surface area contributed by atoms with Crippen LogP contribution in [0, 0.1) is 0 Å². The third-order valence-electron chi connectivity index (χ3n) is 2.75. The fourth-order valence-corrected chi connectivity index (χ4v) is 1.61. The smallest absolute Gasteiger partial charge is 0.333 e. The Morgan fingerprint density at radius 2 is 2.00 bits per heavy atom. The fraction of sp³-hybridized carbons (Fsp3) is 0.167. The molecule has 0 saturated heterocycles. The quantitative estimate of drug-likeness (QED) is 0.718. The van der Waals surface area contributed by atoms with E-state index in [1.807, 2.05) is 0 Å². The standard InChI is InChI=1S/C12H13N5O3/c1-16-10(18)7(11(19)17(2)12(16)20)6-14-9-5-3-4-8(13)15-9/h3-6,18H,1-2H3,(H2,13,15)/b14-6+. The summed E-state index contributed by atoms with van der Waals surface area (Å²) in [5.41, 5.74) is 4.15. The van der Waals surface area contributed by atoms with Crippen LogP contribution in [0.3, 0.4) is 0 Å². The average Bonchev–Trinajstić information content (AvgIpc) is 2.43. The van der Waals surface area contributed by atoms with Gasteiger partial charge in [0.05, 0.1) is 0 Å². The van der Waals surface area contributed by atoms with Crippen LogP contribution in [-0.4, -0.2) is 25.4 Å². The zero-order chi connectivity index (χ0) is 14.9. The largest absolute Gasteiger partial charge is 0.494 e. The highest BCUT2D eigenvalue weighted by molar-refractivity contribution is 5.83. The predicted molar refractivity (Wildman–Crippen MR) is 74.5 cm³/mol. The van der Waals surface area contributed by atoms with Crippen molar-refractivity contribution in [2.24, 2.45) is 19.1 Å². The van der Waals surface area contributed by atoms with Gasteiger partial charge >= 0.3 is 5.69 Å². The summed E-state index contributed by atoms with van der Waals surface area (Å²) in [6, 6.07) is 4.85. The molecule has 20 heavy (non-hydrogen) atoms. The van der Waals surface area contributed by atoms with Gasteiger partial charge in [-0.15, -0.1) is 0 Å². The summed E-state index contributed by atoms with van der Waals surface area (Å²) in [7, 11) is 2.67. The number of pyridine rings is 1. The maximum Gasteiger partial charge on any atom is 0.333 e. The second kappa shape index (κ2) is 5.00. The van der Waals surface area contributed by atoms with Crippen LogP contribution in [0.4, 0.5) is 11.6 Å². The Labute approximate surface area is 113 Å². The molecule has 0 aliphatic heterocycles. The maximum absolute atomic E-state index is 11.9. The van der Waals surface area contributed by atoms with E-state index in [1.54, 1.807) is 18.2 Å². The van der Waals surface area contributed by atoms with Crippen LogP contribution in [0.1, 0.15) is 5.56 Å². The summed E-state index contributed by atoms with van der Waals surface area (Å²) >= 11 is 0. The minimum Gasteiger partial charge on any atom is -0.494 e. The van der Waals surface area contributed by atoms with E-state index < -0.39 is 17.1 Å². The first-order chi connectivity index (χ1) is 9.41. The minimum absolute atomic E-state index is 0.0983. The number of aliphatic imine (C=N–C) groups is 1. The molecular formula is C12H13N5O3.